The first-order chi connectivity index (χ1) is 6.63. The molecule has 1 atom stereocenters. The molecule has 0 radical (unpaired) electrons. The molecule has 1 aliphatic rings. The molecule has 0 aliphatic heterocycles. The molecule has 1 nitrogen and oxygen atoms in total. The van der Waals surface area contributed by atoms with Gasteiger partial charge in [-0.05, 0) is 45.1 Å². The first-order valence-corrected chi connectivity index (χ1v) is 6.84. The van der Waals surface area contributed by atoms with Crippen LogP contribution in [0, 0.1) is 5.41 Å². The topological polar surface area (TPSA) is 26.0 Å². The van der Waals surface area contributed by atoms with Crippen LogP contribution in [-0.2, 0) is 0 Å². The Morgan fingerprint density at radius 1 is 1.43 bits per heavy atom. The minimum Gasteiger partial charge on any atom is -0.323 e. The van der Waals surface area contributed by atoms with Gasteiger partial charge in [-0.1, -0.05) is 19.8 Å². The molecular weight excluding hydrogens is 258 g/mol. The Labute approximate surface area is 97.8 Å². The second kappa shape index (κ2) is 3.95. The quantitative estimate of drug-likeness (QED) is 0.863. The van der Waals surface area contributed by atoms with Crippen LogP contribution in [0.5, 0.6) is 0 Å². The highest BCUT2D eigenvalue weighted by atomic mass is 79.9. The molecule has 1 unspecified atom stereocenters. The minimum atomic E-state index is 0.200. The number of thiophene rings is 1. The van der Waals surface area contributed by atoms with Gasteiger partial charge in [0.05, 0.1) is 0 Å². The van der Waals surface area contributed by atoms with Crippen LogP contribution in [0.4, 0.5) is 0 Å². The highest BCUT2D eigenvalue weighted by molar-refractivity contribution is 9.10. The monoisotopic (exact) mass is 273 g/mol. The normalized spacial score (nSPS) is 22.5. The van der Waals surface area contributed by atoms with Gasteiger partial charge in [-0.25, -0.2) is 0 Å². The smallest absolute Gasteiger partial charge is 0.0369 e. The summed E-state index contributed by atoms with van der Waals surface area (Å²) in [4.78, 5) is 0. The summed E-state index contributed by atoms with van der Waals surface area (Å²) in [6.45, 7) is 2.33. The maximum Gasteiger partial charge on any atom is 0.0369 e. The van der Waals surface area contributed by atoms with Crippen LogP contribution in [0.2, 0.25) is 0 Å². The van der Waals surface area contributed by atoms with Crippen molar-refractivity contribution < 1.29 is 0 Å². The fourth-order valence-corrected chi connectivity index (χ4v) is 3.96. The van der Waals surface area contributed by atoms with E-state index in [1.807, 2.05) is 0 Å². The van der Waals surface area contributed by atoms with Crippen molar-refractivity contribution in [3.05, 3.63) is 20.8 Å². The summed E-state index contributed by atoms with van der Waals surface area (Å²) >= 11 is 5.29. The molecule has 1 aromatic heterocycles. The van der Waals surface area contributed by atoms with Crippen LogP contribution < -0.4 is 5.73 Å². The average Bonchev–Trinajstić information content (AvgIpc) is 2.74. The van der Waals surface area contributed by atoms with Crippen molar-refractivity contribution in [3.8, 4) is 0 Å². The predicted octanol–water partition coefficient (Wildman–Crippen LogP) is 4.09. The summed E-state index contributed by atoms with van der Waals surface area (Å²) in [6.07, 6.45) is 5.23. The van der Waals surface area contributed by atoms with Crippen molar-refractivity contribution in [2.75, 3.05) is 0 Å². The molecular formula is C11H16BrNS. The molecule has 0 bridgehead atoms. The van der Waals surface area contributed by atoms with E-state index in [1.54, 1.807) is 11.3 Å². The van der Waals surface area contributed by atoms with E-state index in [0.717, 1.165) is 0 Å². The van der Waals surface area contributed by atoms with E-state index >= 15 is 0 Å². The lowest BCUT2D eigenvalue weighted by Crippen LogP contribution is -2.29. The first-order valence-electron chi connectivity index (χ1n) is 5.11. The highest BCUT2D eigenvalue weighted by Gasteiger charge is 2.36. The molecule has 0 amide bonds. The Morgan fingerprint density at radius 3 is 2.57 bits per heavy atom. The number of hydrogen-bond acceptors (Lipinski definition) is 2. The summed E-state index contributed by atoms with van der Waals surface area (Å²) in [5.41, 5.74) is 7.97. The van der Waals surface area contributed by atoms with Gasteiger partial charge in [-0.15, -0.1) is 0 Å². The van der Waals surface area contributed by atoms with Crippen LogP contribution in [0.1, 0.15) is 44.2 Å². The van der Waals surface area contributed by atoms with E-state index in [4.69, 9.17) is 5.73 Å². The third-order valence-electron chi connectivity index (χ3n) is 3.47. The zero-order chi connectivity index (χ0) is 10.2. The number of nitrogens with two attached hydrogens (primary N) is 1. The minimum absolute atomic E-state index is 0.200. The summed E-state index contributed by atoms with van der Waals surface area (Å²) < 4.78 is 1.18. The van der Waals surface area contributed by atoms with E-state index in [-0.39, 0.29) is 6.04 Å². The summed E-state index contributed by atoms with van der Waals surface area (Å²) in [6, 6.07) is 0.200. The van der Waals surface area contributed by atoms with E-state index in [1.165, 1.54) is 35.7 Å². The molecule has 78 valence electrons. The van der Waals surface area contributed by atoms with Gasteiger partial charge in [-0.2, -0.15) is 11.3 Å². The van der Waals surface area contributed by atoms with Gasteiger partial charge in [0, 0.05) is 15.9 Å². The lowest BCUT2D eigenvalue weighted by Gasteiger charge is -2.31. The zero-order valence-corrected chi connectivity index (χ0v) is 10.8. The van der Waals surface area contributed by atoms with Crippen LogP contribution in [0.15, 0.2) is 15.2 Å². The van der Waals surface area contributed by atoms with Gasteiger partial charge in [0.25, 0.3) is 0 Å². The van der Waals surface area contributed by atoms with Gasteiger partial charge in [0.1, 0.15) is 0 Å². The summed E-state index contributed by atoms with van der Waals surface area (Å²) in [5.74, 6) is 0. The van der Waals surface area contributed by atoms with Crippen molar-refractivity contribution in [3.63, 3.8) is 0 Å². The Hall–Kier alpha value is 0.140. The SMILES string of the molecule is CC1(C(N)c2cscc2Br)CCCC1. The Bertz CT molecular complexity index is 315. The molecule has 3 heteroatoms. The Morgan fingerprint density at radius 2 is 2.07 bits per heavy atom. The van der Waals surface area contributed by atoms with Gasteiger partial charge in [-0.3, -0.25) is 0 Å². The molecule has 1 fully saturated rings. The molecule has 0 saturated heterocycles. The Balaban J connectivity index is 2.23. The molecule has 2 N–H and O–H groups in total. The van der Waals surface area contributed by atoms with E-state index in [9.17, 15) is 0 Å². The molecule has 1 saturated carbocycles. The summed E-state index contributed by atoms with van der Waals surface area (Å²) in [7, 11) is 0. The highest BCUT2D eigenvalue weighted by Crippen LogP contribution is 2.47. The molecule has 14 heavy (non-hydrogen) atoms. The van der Waals surface area contributed by atoms with Crippen LogP contribution in [0.3, 0.4) is 0 Å². The van der Waals surface area contributed by atoms with Crippen molar-refractivity contribution >= 4 is 27.3 Å². The van der Waals surface area contributed by atoms with Gasteiger partial charge in [0.15, 0.2) is 0 Å². The fraction of sp³-hybridized carbons (Fsp3) is 0.636. The standard InChI is InChI=1S/C11H16BrNS/c1-11(4-2-3-5-11)10(13)8-6-14-7-9(8)12/h6-7,10H,2-5,13H2,1H3. The molecule has 2 rings (SSSR count). The molecule has 0 spiro atoms. The van der Waals surface area contributed by atoms with E-state index < -0.39 is 0 Å². The van der Waals surface area contributed by atoms with Crippen LogP contribution >= 0.6 is 27.3 Å². The second-order valence-corrected chi connectivity index (χ2v) is 6.11. The van der Waals surface area contributed by atoms with Gasteiger partial charge < -0.3 is 5.73 Å². The maximum atomic E-state index is 6.36. The van der Waals surface area contributed by atoms with Crippen molar-refractivity contribution in [1.29, 1.82) is 0 Å². The Kier molecular flexibility index (Phi) is 3.01. The number of rotatable bonds is 2. The molecule has 1 aromatic rings. The zero-order valence-electron chi connectivity index (χ0n) is 8.42. The largest absolute Gasteiger partial charge is 0.323 e. The lowest BCUT2D eigenvalue weighted by molar-refractivity contribution is 0.265. The summed E-state index contributed by atoms with van der Waals surface area (Å²) in [5, 5.41) is 4.30. The third-order valence-corrected chi connectivity index (χ3v) is 5.23. The lowest BCUT2D eigenvalue weighted by atomic mass is 9.78. The molecule has 1 aliphatic carbocycles. The third kappa shape index (κ3) is 1.77. The van der Waals surface area contributed by atoms with Crippen LogP contribution in [-0.4, -0.2) is 0 Å². The van der Waals surface area contributed by atoms with E-state index in [0.29, 0.717) is 5.41 Å². The second-order valence-electron chi connectivity index (χ2n) is 4.51. The van der Waals surface area contributed by atoms with Crippen molar-refractivity contribution in [2.24, 2.45) is 11.1 Å². The van der Waals surface area contributed by atoms with Crippen molar-refractivity contribution in [1.82, 2.24) is 0 Å². The van der Waals surface area contributed by atoms with Crippen molar-refractivity contribution in [2.45, 2.75) is 38.6 Å². The fourth-order valence-electron chi connectivity index (χ4n) is 2.38. The molecule has 0 aromatic carbocycles. The predicted molar refractivity (Wildman–Crippen MR) is 65.5 cm³/mol. The average molecular weight is 274 g/mol. The van der Waals surface area contributed by atoms with Gasteiger partial charge in [0.2, 0.25) is 0 Å². The molecule has 1 heterocycles. The first kappa shape index (κ1) is 10.7. The number of hydrogen-bond donors (Lipinski definition) is 1. The van der Waals surface area contributed by atoms with E-state index in [2.05, 4.69) is 33.6 Å². The number of halogens is 1. The van der Waals surface area contributed by atoms with Gasteiger partial charge >= 0.3 is 0 Å². The van der Waals surface area contributed by atoms with Crippen LogP contribution in [0.25, 0.3) is 0 Å². The maximum absolute atomic E-state index is 6.36.